The van der Waals surface area contributed by atoms with Crippen LogP contribution < -0.4 is 0 Å². The Labute approximate surface area is 147 Å². The molecule has 3 heterocycles. The maximum atomic E-state index is 6.33. The number of nitrogens with zero attached hydrogens (tertiary/aromatic N) is 3. The van der Waals surface area contributed by atoms with E-state index in [1.807, 2.05) is 24.7 Å². The van der Waals surface area contributed by atoms with Gasteiger partial charge < -0.3 is 9.55 Å². The summed E-state index contributed by atoms with van der Waals surface area (Å²) in [6.07, 6.45) is 8.40. The Hall–Kier alpha value is -1.78. The molecule has 0 radical (unpaired) electrons. The highest BCUT2D eigenvalue weighted by Gasteiger charge is 2.21. The molecule has 0 saturated carbocycles. The van der Waals surface area contributed by atoms with Gasteiger partial charge in [0, 0.05) is 43.1 Å². The summed E-state index contributed by atoms with van der Waals surface area (Å²) in [5.74, 6) is 0.696. The van der Waals surface area contributed by atoms with Gasteiger partial charge in [0.1, 0.15) is 0 Å². The fourth-order valence-corrected chi connectivity index (χ4v) is 4.11. The summed E-state index contributed by atoms with van der Waals surface area (Å²) in [5.41, 5.74) is 3.68. The van der Waals surface area contributed by atoms with Gasteiger partial charge in [-0.3, -0.25) is 4.90 Å². The van der Waals surface area contributed by atoms with Crippen molar-refractivity contribution in [3.8, 4) is 0 Å². The number of benzene rings is 1. The lowest BCUT2D eigenvalue weighted by molar-refractivity contribution is 0.154. The van der Waals surface area contributed by atoms with Crippen LogP contribution in [0.4, 0.5) is 0 Å². The summed E-state index contributed by atoms with van der Waals surface area (Å²) < 4.78 is 2.20. The average molecular weight is 343 g/mol. The Bertz CT molecular complexity index is 821. The number of aromatic nitrogens is 3. The zero-order chi connectivity index (χ0) is 16.5. The van der Waals surface area contributed by atoms with Crippen LogP contribution in [0.3, 0.4) is 0 Å². The van der Waals surface area contributed by atoms with Crippen molar-refractivity contribution in [2.45, 2.75) is 32.9 Å². The van der Waals surface area contributed by atoms with Crippen LogP contribution in [-0.2, 0) is 13.1 Å². The number of piperidine rings is 1. The molecule has 0 amide bonds. The number of para-hydroxylation sites is 1. The summed E-state index contributed by atoms with van der Waals surface area (Å²) in [6.45, 7) is 6.53. The Balaban J connectivity index is 1.48. The smallest absolute Gasteiger partial charge is 0.0946 e. The highest BCUT2D eigenvalue weighted by Crippen LogP contribution is 2.29. The third-order valence-corrected chi connectivity index (χ3v) is 5.47. The Morgan fingerprint density at radius 1 is 1.38 bits per heavy atom. The molecule has 1 aromatic carbocycles. The molecule has 0 bridgehead atoms. The van der Waals surface area contributed by atoms with Gasteiger partial charge in [0.05, 0.1) is 16.9 Å². The molecular weight excluding hydrogens is 320 g/mol. The quantitative estimate of drug-likeness (QED) is 0.770. The zero-order valence-electron chi connectivity index (χ0n) is 14.0. The predicted octanol–water partition coefficient (Wildman–Crippen LogP) is 4.24. The van der Waals surface area contributed by atoms with Crippen LogP contribution in [0, 0.1) is 12.8 Å². The van der Waals surface area contributed by atoms with Gasteiger partial charge in [-0.1, -0.05) is 23.7 Å². The fraction of sp³-hybridized carbons (Fsp3) is 0.421. The van der Waals surface area contributed by atoms with E-state index >= 15 is 0 Å². The molecule has 1 aliphatic heterocycles. The highest BCUT2D eigenvalue weighted by atomic mass is 35.5. The number of likely N-dealkylation sites (tertiary alicyclic amines) is 1. The molecule has 24 heavy (non-hydrogen) atoms. The fourth-order valence-electron chi connectivity index (χ4n) is 3.89. The minimum absolute atomic E-state index is 0.696. The normalized spacial score (nSPS) is 19.2. The first kappa shape index (κ1) is 15.7. The second-order valence-electron chi connectivity index (χ2n) is 6.89. The lowest BCUT2D eigenvalue weighted by atomic mass is 9.97. The van der Waals surface area contributed by atoms with Crippen molar-refractivity contribution in [2.75, 3.05) is 13.1 Å². The van der Waals surface area contributed by atoms with Crippen LogP contribution in [0.2, 0.25) is 5.02 Å². The number of H-pyrrole nitrogens is 1. The van der Waals surface area contributed by atoms with E-state index in [-0.39, 0.29) is 0 Å². The molecule has 3 aromatic rings. The molecule has 4 rings (SSSR count). The first-order valence-corrected chi connectivity index (χ1v) is 9.02. The van der Waals surface area contributed by atoms with Gasteiger partial charge >= 0.3 is 0 Å². The topological polar surface area (TPSA) is 36.9 Å². The van der Waals surface area contributed by atoms with E-state index in [0.717, 1.165) is 30.2 Å². The Morgan fingerprint density at radius 2 is 2.29 bits per heavy atom. The van der Waals surface area contributed by atoms with Gasteiger partial charge in [-0.25, -0.2) is 4.98 Å². The second-order valence-corrected chi connectivity index (χ2v) is 7.30. The SMILES string of the molecule is Cc1c(CN2CCCC(Cn3ccnc3)C2)[nH]c2c(Cl)cccc12. The van der Waals surface area contributed by atoms with Crippen LogP contribution in [0.25, 0.3) is 10.9 Å². The first-order valence-electron chi connectivity index (χ1n) is 8.64. The Morgan fingerprint density at radius 3 is 3.08 bits per heavy atom. The molecule has 5 heteroatoms. The molecule has 0 aliphatic carbocycles. The number of aromatic amines is 1. The van der Waals surface area contributed by atoms with E-state index in [0.29, 0.717) is 5.92 Å². The van der Waals surface area contributed by atoms with Gasteiger partial charge in [0.25, 0.3) is 0 Å². The van der Waals surface area contributed by atoms with Gasteiger partial charge in [-0.05, 0) is 43.9 Å². The number of imidazole rings is 1. The predicted molar refractivity (Wildman–Crippen MR) is 98.3 cm³/mol. The van der Waals surface area contributed by atoms with E-state index in [9.17, 15) is 0 Å². The molecule has 1 atom stereocenters. The van der Waals surface area contributed by atoms with Crippen LogP contribution in [-0.4, -0.2) is 32.5 Å². The minimum Gasteiger partial charge on any atom is -0.356 e. The lowest BCUT2D eigenvalue weighted by Crippen LogP contribution is -2.36. The monoisotopic (exact) mass is 342 g/mol. The van der Waals surface area contributed by atoms with E-state index in [1.165, 1.54) is 36.0 Å². The van der Waals surface area contributed by atoms with Crippen molar-refractivity contribution in [1.82, 2.24) is 19.4 Å². The third kappa shape index (κ3) is 3.08. The summed E-state index contributed by atoms with van der Waals surface area (Å²) >= 11 is 6.33. The third-order valence-electron chi connectivity index (χ3n) is 5.16. The number of nitrogens with one attached hydrogen (secondary N) is 1. The van der Waals surface area contributed by atoms with E-state index in [1.54, 1.807) is 0 Å². The van der Waals surface area contributed by atoms with Crippen LogP contribution >= 0.6 is 11.6 Å². The van der Waals surface area contributed by atoms with Gasteiger partial charge in [0.2, 0.25) is 0 Å². The van der Waals surface area contributed by atoms with Crippen molar-refractivity contribution in [3.05, 3.63) is 53.2 Å². The number of hydrogen-bond acceptors (Lipinski definition) is 2. The van der Waals surface area contributed by atoms with Crippen LogP contribution in [0.1, 0.15) is 24.1 Å². The second kappa shape index (κ2) is 6.61. The van der Waals surface area contributed by atoms with Crippen LogP contribution in [0.5, 0.6) is 0 Å². The summed E-state index contributed by atoms with van der Waals surface area (Å²) in [4.78, 5) is 10.3. The Kier molecular flexibility index (Phi) is 4.33. The molecule has 1 unspecified atom stereocenters. The standard InChI is InChI=1S/C19H23ClN4/c1-14-16-5-2-6-17(20)19(16)22-18(14)12-23-8-3-4-15(10-23)11-24-9-7-21-13-24/h2,5-7,9,13,15,22H,3-4,8,10-12H2,1H3. The van der Waals surface area contributed by atoms with Gasteiger partial charge in [-0.2, -0.15) is 0 Å². The van der Waals surface area contributed by atoms with E-state index in [4.69, 9.17) is 11.6 Å². The number of fused-ring (bicyclic) bond motifs is 1. The molecular formula is C19H23ClN4. The molecule has 2 aromatic heterocycles. The zero-order valence-corrected chi connectivity index (χ0v) is 14.8. The van der Waals surface area contributed by atoms with E-state index < -0.39 is 0 Å². The largest absolute Gasteiger partial charge is 0.356 e. The molecule has 1 saturated heterocycles. The number of halogens is 1. The number of hydrogen-bond donors (Lipinski definition) is 1. The number of aryl methyl sites for hydroxylation is 1. The van der Waals surface area contributed by atoms with Crippen molar-refractivity contribution < 1.29 is 0 Å². The molecule has 126 valence electrons. The van der Waals surface area contributed by atoms with Gasteiger partial charge in [-0.15, -0.1) is 0 Å². The van der Waals surface area contributed by atoms with Crippen molar-refractivity contribution in [2.24, 2.45) is 5.92 Å². The first-order chi connectivity index (χ1) is 11.7. The molecule has 1 N–H and O–H groups in total. The van der Waals surface area contributed by atoms with Crippen LogP contribution in [0.15, 0.2) is 36.9 Å². The van der Waals surface area contributed by atoms with Crippen molar-refractivity contribution in [1.29, 1.82) is 0 Å². The molecule has 1 aliphatic rings. The molecule has 1 fully saturated rings. The molecule has 4 nitrogen and oxygen atoms in total. The molecule has 0 spiro atoms. The maximum absolute atomic E-state index is 6.33. The van der Waals surface area contributed by atoms with Crippen molar-refractivity contribution in [3.63, 3.8) is 0 Å². The number of rotatable bonds is 4. The maximum Gasteiger partial charge on any atom is 0.0946 e. The van der Waals surface area contributed by atoms with Crippen molar-refractivity contribution >= 4 is 22.5 Å². The van der Waals surface area contributed by atoms with Gasteiger partial charge in [0.15, 0.2) is 0 Å². The summed E-state index contributed by atoms with van der Waals surface area (Å²) in [7, 11) is 0. The average Bonchev–Trinajstić information content (AvgIpc) is 3.18. The minimum atomic E-state index is 0.696. The summed E-state index contributed by atoms with van der Waals surface area (Å²) in [6, 6.07) is 6.12. The highest BCUT2D eigenvalue weighted by molar-refractivity contribution is 6.35. The summed E-state index contributed by atoms with van der Waals surface area (Å²) in [5, 5.41) is 2.04. The van der Waals surface area contributed by atoms with E-state index in [2.05, 4.69) is 38.6 Å². The lowest BCUT2D eigenvalue weighted by Gasteiger charge is -2.32.